The lowest BCUT2D eigenvalue weighted by Gasteiger charge is -2.30. The minimum absolute atomic E-state index is 0.0802. The first kappa shape index (κ1) is 17.0. The van der Waals surface area contributed by atoms with E-state index >= 15 is 0 Å². The zero-order valence-corrected chi connectivity index (χ0v) is 14.6. The first-order valence-corrected chi connectivity index (χ1v) is 8.57. The molecule has 0 unspecified atom stereocenters. The molecule has 3 amide bonds. The predicted molar refractivity (Wildman–Crippen MR) is 99.7 cm³/mol. The fourth-order valence-corrected chi connectivity index (χ4v) is 3.01. The molecule has 0 aromatic heterocycles. The van der Waals surface area contributed by atoms with E-state index in [1.165, 1.54) is 0 Å². The highest BCUT2D eigenvalue weighted by molar-refractivity contribution is 5.97. The number of aryl methyl sites for hydroxylation is 1. The maximum Gasteiger partial charge on any atom is 0.319 e. The Morgan fingerprint density at radius 1 is 1.12 bits per heavy atom. The summed E-state index contributed by atoms with van der Waals surface area (Å²) >= 11 is 0. The minimum Gasteiger partial charge on any atom is -0.336 e. The summed E-state index contributed by atoms with van der Waals surface area (Å²) in [5.74, 6) is 0.134. The fourth-order valence-electron chi connectivity index (χ4n) is 3.01. The summed E-state index contributed by atoms with van der Waals surface area (Å²) in [4.78, 5) is 26.1. The van der Waals surface area contributed by atoms with Gasteiger partial charge in [-0.15, -0.1) is 0 Å². The lowest BCUT2D eigenvalue weighted by molar-refractivity contribution is -0.119. The molecule has 130 valence electrons. The molecule has 5 nitrogen and oxygen atoms in total. The van der Waals surface area contributed by atoms with Gasteiger partial charge in [0.2, 0.25) is 5.91 Å². The van der Waals surface area contributed by atoms with Crippen LogP contribution in [0.1, 0.15) is 31.4 Å². The summed E-state index contributed by atoms with van der Waals surface area (Å²) in [6.45, 7) is 4.40. The Hall–Kier alpha value is -2.82. The summed E-state index contributed by atoms with van der Waals surface area (Å²) < 4.78 is 0. The summed E-state index contributed by atoms with van der Waals surface area (Å²) in [7, 11) is 0. The molecule has 0 bridgehead atoms. The Kier molecular flexibility index (Phi) is 5.03. The first-order chi connectivity index (χ1) is 12.0. The van der Waals surface area contributed by atoms with Crippen molar-refractivity contribution >= 4 is 23.3 Å². The van der Waals surface area contributed by atoms with Crippen LogP contribution in [0.25, 0.3) is 0 Å². The number of hydrogen-bond donors (Lipinski definition) is 2. The number of fused-ring (bicyclic) bond motifs is 1. The zero-order chi connectivity index (χ0) is 17.8. The molecule has 0 aliphatic carbocycles. The fraction of sp³-hybridized carbons (Fsp3) is 0.300. The molecule has 0 fully saturated rings. The second-order valence-corrected chi connectivity index (χ2v) is 6.56. The number of hydrogen-bond acceptors (Lipinski definition) is 2. The van der Waals surface area contributed by atoms with E-state index in [0.717, 1.165) is 22.5 Å². The standard InChI is InChI=1S/C20H23N3O2/c1-14(2)21-20(25)22-17-9-10-18-16(12-17)8-11-19(24)23(18)13-15-6-4-3-5-7-15/h3-7,9-10,12,14H,8,11,13H2,1-2H3,(H2,21,22,25). The van der Waals surface area contributed by atoms with Crippen molar-refractivity contribution in [3.8, 4) is 0 Å². The first-order valence-electron chi connectivity index (χ1n) is 8.57. The summed E-state index contributed by atoms with van der Waals surface area (Å²) in [6, 6.07) is 15.5. The molecule has 0 saturated heterocycles. The Balaban J connectivity index is 1.80. The molecule has 1 aliphatic rings. The molecule has 1 heterocycles. The summed E-state index contributed by atoms with van der Waals surface area (Å²) in [5, 5.41) is 5.65. The number of anilines is 2. The monoisotopic (exact) mass is 337 g/mol. The average Bonchev–Trinajstić information content (AvgIpc) is 2.57. The van der Waals surface area contributed by atoms with Crippen LogP contribution in [0.2, 0.25) is 0 Å². The third-order valence-corrected chi connectivity index (χ3v) is 4.14. The van der Waals surface area contributed by atoms with Crippen LogP contribution < -0.4 is 15.5 Å². The number of nitrogens with one attached hydrogen (secondary N) is 2. The molecule has 0 radical (unpaired) electrons. The number of amides is 3. The molecule has 0 saturated carbocycles. The Labute approximate surface area is 148 Å². The van der Waals surface area contributed by atoms with Crippen LogP contribution in [0.5, 0.6) is 0 Å². The van der Waals surface area contributed by atoms with Crippen LogP contribution >= 0.6 is 0 Å². The normalized spacial score (nSPS) is 13.6. The highest BCUT2D eigenvalue weighted by Crippen LogP contribution is 2.31. The molecule has 25 heavy (non-hydrogen) atoms. The smallest absolute Gasteiger partial charge is 0.319 e. The number of carbonyl (C=O) groups is 2. The third-order valence-electron chi connectivity index (χ3n) is 4.14. The van der Waals surface area contributed by atoms with E-state index < -0.39 is 0 Å². The van der Waals surface area contributed by atoms with Gasteiger partial charge < -0.3 is 15.5 Å². The molecule has 1 aliphatic heterocycles. The molecular formula is C20H23N3O2. The van der Waals surface area contributed by atoms with E-state index in [1.54, 1.807) is 0 Å². The zero-order valence-electron chi connectivity index (χ0n) is 14.6. The van der Waals surface area contributed by atoms with Gasteiger partial charge in [-0.05, 0) is 49.6 Å². The van der Waals surface area contributed by atoms with Crippen LogP contribution in [-0.4, -0.2) is 18.0 Å². The van der Waals surface area contributed by atoms with Gasteiger partial charge in [-0.25, -0.2) is 4.79 Å². The van der Waals surface area contributed by atoms with E-state index in [-0.39, 0.29) is 18.0 Å². The van der Waals surface area contributed by atoms with Crippen LogP contribution in [0.4, 0.5) is 16.2 Å². The van der Waals surface area contributed by atoms with Gasteiger partial charge in [0.1, 0.15) is 0 Å². The van der Waals surface area contributed by atoms with Crippen molar-refractivity contribution in [3.63, 3.8) is 0 Å². The van der Waals surface area contributed by atoms with Gasteiger partial charge in [0.25, 0.3) is 0 Å². The Morgan fingerprint density at radius 3 is 2.60 bits per heavy atom. The van der Waals surface area contributed by atoms with Crippen LogP contribution in [0.15, 0.2) is 48.5 Å². The summed E-state index contributed by atoms with van der Waals surface area (Å²) in [6.07, 6.45) is 1.18. The van der Waals surface area contributed by atoms with E-state index in [2.05, 4.69) is 10.6 Å². The van der Waals surface area contributed by atoms with Gasteiger partial charge in [0, 0.05) is 23.8 Å². The average molecular weight is 337 g/mol. The van der Waals surface area contributed by atoms with E-state index in [1.807, 2.05) is 67.3 Å². The van der Waals surface area contributed by atoms with Gasteiger partial charge in [0.05, 0.1) is 6.54 Å². The minimum atomic E-state index is -0.219. The van der Waals surface area contributed by atoms with Gasteiger partial charge in [0.15, 0.2) is 0 Å². The van der Waals surface area contributed by atoms with E-state index in [0.29, 0.717) is 19.4 Å². The Bertz CT molecular complexity index is 772. The second kappa shape index (κ2) is 7.38. The molecule has 5 heteroatoms. The molecule has 2 N–H and O–H groups in total. The van der Waals surface area contributed by atoms with Crippen molar-refractivity contribution in [2.75, 3.05) is 10.2 Å². The van der Waals surface area contributed by atoms with E-state index in [4.69, 9.17) is 0 Å². The molecule has 3 rings (SSSR count). The molecule has 2 aromatic rings. The number of rotatable bonds is 4. The lowest BCUT2D eigenvalue weighted by atomic mass is 9.99. The van der Waals surface area contributed by atoms with Gasteiger partial charge >= 0.3 is 6.03 Å². The molecule has 0 atom stereocenters. The second-order valence-electron chi connectivity index (χ2n) is 6.56. The van der Waals surface area contributed by atoms with Crippen molar-refractivity contribution in [2.24, 2.45) is 0 Å². The topological polar surface area (TPSA) is 61.4 Å². The van der Waals surface area contributed by atoms with Crippen molar-refractivity contribution < 1.29 is 9.59 Å². The maximum atomic E-state index is 12.4. The van der Waals surface area contributed by atoms with Crippen LogP contribution in [0.3, 0.4) is 0 Å². The van der Waals surface area contributed by atoms with Crippen molar-refractivity contribution in [2.45, 2.75) is 39.3 Å². The largest absolute Gasteiger partial charge is 0.336 e. The number of benzene rings is 2. The van der Waals surface area contributed by atoms with E-state index in [9.17, 15) is 9.59 Å². The highest BCUT2D eigenvalue weighted by Gasteiger charge is 2.24. The van der Waals surface area contributed by atoms with Gasteiger partial charge in [-0.2, -0.15) is 0 Å². The number of carbonyl (C=O) groups excluding carboxylic acids is 2. The van der Waals surface area contributed by atoms with Gasteiger partial charge in [-0.1, -0.05) is 30.3 Å². The molecular weight excluding hydrogens is 314 g/mol. The molecule has 2 aromatic carbocycles. The quantitative estimate of drug-likeness (QED) is 0.894. The third kappa shape index (κ3) is 4.18. The van der Waals surface area contributed by atoms with Crippen molar-refractivity contribution in [3.05, 3.63) is 59.7 Å². The van der Waals surface area contributed by atoms with Crippen molar-refractivity contribution in [1.29, 1.82) is 0 Å². The number of urea groups is 1. The van der Waals surface area contributed by atoms with Crippen LogP contribution in [0, 0.1) is 0 Å². The van der Waals surface area contributed by atoms with Gasteiger partial charge in [-0.3, -0.25) is 4.79 Å². The molecule has 0 spiro atoms. The SMILES string of the molecule is CC(C)NC(=O)Nc1ccc2c(c1)CCC(=O)N2Cc1ccccc1. The van der Waals surface area contributed by atoms with Crippen molar-refractivity contribution in [1.82, 2.24) is 5.32 Å². The summed E-state index contributed by atoms with van der Waals surface area (Å²) in [5.41, 5.74) is 3.85. The predicted octanol–water partition coefficient (Wildman–Crippen LogP) is 3.70. The lowest BCUT2D eigenvalue weighted by Crippen LogP contribution is -2.35. The Morgan fingerprint density at radius 2 is 1.88 bits per heavy atom. The highest BCUT2D eigenvalue weighted by atomic mass is 16.2. The number of nitrogens with zero attached hydrogens (tertiary/aromatic N) is 1. The maximum absolute atomic E-state index is 12.4. The van der Waals surface area contributed by atoms with Crippen LogP contribution in [-0.2, 0) is 17.8 Å².